The Bertz CT molecular complexity index is 1060. The molecule has 0 bridgehead atoms. The smallest absolute Gasteiger partial charge is 0.341 e. The molecule has 7 nitrogen and oxygen atoms in total. The highest BCUT2D eigenvalue weighted by Gasteiger charge is 2.29. The van der Waals surface area contributed by atoms with Crippen molar-refractivity contribution in [3.8, 4) is 0 Å². The summed E-state index contributed by atoms with van der Waals surface area (Å²) >= 11 is 1.28. The van der Waals surface area contributed by atoms with E-state index in [1.165, 1.54) is 30.6 Å². The molecule has 0 fully saturated rings. The Balaban J connectivity index is 2.04. The number of ether oxygens (including phenoxy) is 2. The molecule has 0 saturated heterocycles. The van der Waals surface area contributed by atoms with Gasteiger partial charge in [-0.15, -0.1) is 11.3 Å². The molecule has 0 aliphatic heterocycles. The summed E-state index contributed by atoms with van der Waals surface area (Å²) in [4.78, 5) is 25.3. The zero-order valence-corrected chi connectivity index (χ0v) is 18.2. The Morgan fingerprint density at radius 2 is 1.90 bits per heavy atom. The highest BCUT2D eigenvalue weighted by molar-refractivity contribution is 7.93. The SMILES string of the molecule is CCOC(=O)c1c(NS(=O)(=O)c2cc(C(=O)OC)ccc2C)sc2c1CCCC2. The predicted molar refractivity (Wildman–Crippen MR) is 110 cm³/mol. The molecule has 1 aromatic carbocycles. The molecule has 1 aromatic heterocycles. The van der Waals surface area contributed by atoms with Gasteiger partial charge in [-0.1, -0.05) is 6.07 Å². The first-order valence-corrected chi connectivity index (χ1v) is 11.6. The Kier molecular flexibility index (Phi) is 6.28. The van der Waals surface area contributed by atoms with Crippen LogP contribution in [0.3, 0.4) is 0 Å². The maximum Gasteiger partial charge on any atom is 0.341 e. The molecule has 0 atom stereocenters. The van der Waals surface area contributed by atoms with Crippen LogP contribution in [0.1, 0.15) is 56.5 Å². The van der Waals surface area contributed by atoms with Crippen molar-refractivity contribution in [1.29, 1.82) is 0 Å². The van der Waals surface area contributed by atoms with E-state index >= 15 is 0 Å². The number of nitrogens with one attached hydrogen (secondary N) is 1. The molecule has 0 unspecified atom stereocenters. The van der Waals surface area contributed by atoms with Crippen LogP contribution in [0.15, 0.2) is 23.1 Å². The third-order valence-electron chi connectivity index (χ3n) is 4.78. The highest BCUT2D eigenvalue weighted by Crippen LogP contribution is 2.39. The average molecular weight is 438 g/mol. The van der Waals surface area contributed by atoms with E-state index in [9.17, 15) is 18.0 Å². The van der Waals surface area contributed by atoms with Crippen molar-refractivity contribution < 1.29 is 27.5 Å². The van der Waals surface area contributed by atoms with Gasteiger partial charge in [0.05, 0.1) is 29.7 Å². The number of hydrogen-bond donors (Lipinski definition) is 1. The minimum Gasteiger partial charge on any atom is -0.465 e. The first-order valence-electron chi connectivity index (χ1n) is 9.32. The third-order valence-corrected chi connectivity index (χ3v) is 7.60. The van der Waals surface area contributed by atoms with Gasteiger partial charge >= 0.3 is 11.9 Å². The molecule has 156 valence electrons. The fourth-order valence-corrected chi connectivity index (χ4v) is 6.22. The van der Waals surface area contributed by atoms with E-state index in [0.29, 0.717) is 11.1 Å². The summed E-state index contributed by atoms with van der Waals surface area (Å²) in [5, 5.41) is 0.262. The number of benzene rings is 1. The van der Waals surface area contributed by atoms with Crippen LogP contribution in [0.5, 0.6) is 0 Å². The first kappa shape index (κ1) is 21.3. The topological polar surface area (TPSA) is 98.8 Å². The van der Waals surface area contributed by atoms with Crippen LogP contribution in [0, 0.1) is 6.92 Å². The van der Waals surface area contributed by atoms with Gasteiger partial charge in [-0.05, 0) is 62.8 Å². The molecule has 0 amide bonds. The van der Waals surface area contributed by atoms with Crippen LogP contribution < -0.4 is 4.72 Å². The number of thiophene rings is 1. The van der Waals surface area contributed by atoms with Crippen molar-refractivity contribution in [2.45, 2.75) is 44.4 Å². The predicted octanol–water partition coefficient (Wildman–Crippen LogP) is 3.70. The van der Waals surface area contributed by atoms with Crippen molar-refractivity contribution in [1.82, 2.24) is 0 Å². The fourth-order valence-electron chi connectivity index (χ4n) is 3.37. The zero-order valence-electron chi connectivity index (χ0n) is 16.5. The largest absolute Gasteiger partial charge is 0.465 e. The van der Waals surface area contributed by atoms with Gasteiger partial charge < -0.3 is 9.47 Å². The second kappa shape index (κ2) is 8.54. The molecule has 0 saturated carbocycles. The highest BCUT2D eigenvalue weighted by atomic mass is 32.2. The van der Waals surface area contributed by atoms with Gasteiger partial charge in [-0.25, -0.2) is 18.0 Å². The number of carbonyl (C=O) groups is 2. The second-order valence-corrected chi connectivity index (χ2v) is 9.47. The lowest BCUT2D eigenvalue weighted by atomic mass is 9.95. The summed E-state index contributed by atoms with van der Waals surface area (Å²) in [5.74, 6) is -1.15. The number of rotatable bonds is 6. The number of carbonyl (C=O) groups excluding carboxylic acids is 2. The van der Waals surface area contributed by atoms with E-state index in [0.717, 1.165) is 36.1 Å². The Morgan fingerprint density at radius 1 is 1.17 bits per heavy atom. The molecule has 3 rings (SSSR count). The fraction of sp³-hybridized carbons (Fsp3) is 0.400. The van der Waals surface area contributed by atoms with Gasteiger partial charge in [-0.3, -0.25) is 4.72 Å². The molecule has 0 radical (unpaired) electrons. The Hall–Kier alpha value is -2.39. The van der Waals surface area contributed by atoms with E-state index in [1.807, 2.05) is 0 Å². The van der Waals surface area contributed by atoms with Gasteiger partial charge in [-0.2, -0.15) is 0 Å². The Morgan fingerprint density at radius 3 is 2.59 bits per heavy atom. The molecular weight excluding hydrogens is 414 g/mol. The second-order valence-electron chi connectivity index (χ2n) is 6.71. The number of aryl methyl sites for hydroxylation is 2. The summed E-state index contributed by atoms with van der Waals surface area (Å²) in [6.07, 6.45) is 3.48. The van der Waals surface area contributed by atoms with Gasteiger partial charge in [0.1, 0.15) is 5.00 Å². The molecule has 2 aromatic rings. The van der Waals surface area contributed by atoms with Gasteiger partial charge in [0.2, 0.25) is 0 Å². The van der Waals surface area contributed by atoms with E-state index in [4.69, 9.17) is 4.74 Å². The lowest BCUT2D eigenvalue weighted by Crippen LogP contribution is -2.17. The molecule has 1 N–H and O–H groups in total. The van der Waals surface area contributed by atoms with Crippen LogP contribution in [0.25, 0.3) is 0 Å². The van der Waals surface area contributed by atoms with E-state index in [2.05, 4.69) is 9.46 Å². The van der Waals surface area contributed by atoms with E-state index < -0.39 is 22.0 Å². The first-order chi connectivity index (χ1) is 13.8. The molecule has 1 aliphatic rings. The standard InChI is InChI=1S/C20H23NO6S2/c1-4-27-20(23)17-14-7-5-6-8-15(14)28-18(17)21-29(24,25)16-11-13(19(22)26-3)10-9-12(16)2/h9-11,21H,4-8H2,1-3H3. The maximum atomic E-state index is 13.1. The molecule has 9 heteroatoms. The van der Waals surface area contributed by atoms with Crippen molar-refractivity contribution in [2.24, 2.45) is 0 Å². The number of fused-ring (bicyclic) bond motifs is 1. The number of methoxy groups -OCH3 is 1. The van der Waals surface area contributed by atoms with Gasteiger partial charge in [0, 0.05) is 4.88 Å². The summed E-state index contributed by atoms with van der Waals surface area (Å²) < 4.78 is 38.7. The van der Waals surface area contributed by atoms with Crippen LogP contribution in [0.4, 0.5) is 5.00 Å². The minimum atomic E-state index is -4.03. The van der Waals surface area contributed by atoms with Crippen molar-refractivity contribution >= 4 is 38.3 Å². The van der Waals surface area contributed by atoms with E-state index in [-0.39, 0.29) is 22.1 Å². The van der Waals surface area contributed by atoms with Crippen LogP contribution in [-0.4, -0.2) is 34.1 Å². The molecule has 0 spiro atoms. The zero-order chi connectivity index (χ0) is 21.2. The van der Waals surface area contributed by atoms with Gasteiger partial charge in [0.15, 0.2) is 0 Å². The number of hydrogen-bond acceptors (Lipinski definition) is 7. The molecule has 29 heavy (non-hydrogen) atoms. The quantitative estimate of drug-likeness (QED) is 0.692. The van der Waals surface area contributed by atoms with Crippen LogP contribution >= 0.6 is 11.3 Å². The monoisotopic (exact) mass is 437 g/mol. The lowest BCUT2D eigenvalue weighted by Gasteiger charge is -2.13. The molecule has 1 heterocycles. The van der Waals surface area contributed by atoms with Crippen LogP contribution in [0.2, 0.25) is 0 Å². The number of esters is 2. The minimum absolute atomic E-state index is 0.0402. The normalized spacial score (nSPS) is 13.5. The number of anilines is 1. The summed E-state index contributed by atoms with van der Waals surface area (Å²) in [7, 11) is -2.80. The molecule has 1 aliphatic carbocycles. The maximum absolute atomic E-state index is 13.1. The average Bonchev–Trinajstić information content (AvgIpc) is 3.04. The van der Waals surface area contributed by atoms with Crippen molar-refractivity contribution in [3.63, 3.8) is 0 Å². The summed E-state index contributed by atoms with van der Waals surface area (Å²) in [5.41, 5.74) is 1.79. The van der Waals surface area contributed by atoms with Gasteiger partial charge in [0.25, 0.3) is 10.0 Å². The third kappa shape index (κ3) is 4.30. The van der Waals surface area contributed by atoms with Crippen molar-refractivity contribution in [3.05, 3.63) is 45.3 Å². The summed E-state index contributed by atoms with van der Waals surface area (Å²) in [6, 6.07) is 4.33. The number of sulfonamides is 1. The summed E-state index contributed by atoms with van der Waals surface area (Å²) in [6.45, 7) is 3.56. The lowest BCUT2D eigenvalue weighted by molar-refractivity contribution is 0.0525. The van der Waals surface area contributed by atoms with Crippen molar-refractivity contribution in [2.75, 3.05) is 18.4 Å². The van der Waals surface area contributed by atoms with Crippen LogP contribution in [-0.2, 0) is 32.3 Å². The molecular formula is C20H23NO6S2. The Labute approximate surface area is 174 Å². The van der Waals surface area contributed by atoms with E-state index in [1.54, 1.807) is 19.9 Å².